The van der Waals surface area contributed by atoms with E-state index in [4.69, 9.17) is 4.74 Å². The van der Waals surface area contributed by atoms with Gasteiger partial charge in [0.05, 0.1) is 0 Å². The van der Waals surface area contributed by atoms with Crippen molar-refractivity contribution in [2.24, 2.45) is 0 Å². The number of para-hydroxylation sites is 1. The number of nitrogens with zero attached hydrogens (tertiary/aromatic N) is 4. The monoisotopic (exact) mass is 375 g/mol. The number of anilines is 1. The lowest BCUT2D eigenvalue weighted by molar-refractivity contribution is -0.114. The minimum atomic E-state index is -0.446. The second-order valence-corrected chi connectivity index (χ2v) is 6.88. The maximum Gasteiger partial charge on any atom is 0.248 e. The van der Waals surface area contributed by atoms with Crippen molar-refractivity contribution < 1.29 is 9.53 Å². The first kappa shape index (κ1) is 17.9. The van der Waals surface area contributed by atoms with E-state index >= 15 is 0 Å². The summed E-state index contributed by atoms with van der Waals surface area (Å²) in [6.07, 6.45) is 0. The molecule has 142 valence electrons. The van der Waals surface area contributed by atoms with Gasteiger partial charge >= 0.3 is 0 Å². The number of hydrogen-bond acceptors (Lipinski definition) is 6. The molecule has 0 amide bonds. The van der Waals surface area contributed by atoms with Crippen molar-refractivity contribution in [3.05, 3.63) is 76.5 Å². The zero-order valence-electron chi connectivity index (χ0n) is 16.0. The highest BCUT2D eigenvalue weighted by atomic mass is 16.5. The van der Waals surface area contributed by atoms with Gasteiger partial charge in [0.1, 0.15) is 18.4 Å². The van der Waals surface area contributed by atoms with Gasteiger partial charge in [-0.2, -0.15) is 4.68 Å². The molecule has 1 N–H and O–H groups in total. The molecule has 1 aliphatic rings. The average Bonchev–Trinajstić information content (AvgIpc) is 3.14. The van der Waals surface area contributed by atoms with E-state index in [1.807, 2.05) is 43.3 Å². The molecule has 2 aromatic carbocycles. The van der Waals surface area contributed by atoms with Crippen LogP contribution in [0.5, 0.6) is 5.75 Å². The number of benzene rings is 2. The summed E-state index contributed by atoms with van der Waals surface area (Å²) >= 11 is 0. The van der Waals surface area contributed by atoms with Gasteiger partial charge in [-0.05, 0) is 42.8 Å². The number of hydrogen-bond donors (Lipinski definition) is 1. The minimum Gasteiger partial charge on any atom is -0.489 e. The molecular formula is C21H21N5O2. The highest BCUT2D eigenvalue weighted by molar-refractivity contribution is 5.96. The molecule has 2 heterocycles. The van der Waals surface area contributed by atoms with Crippen LogP contribution in [0.3, 0.4) is 0 Å². The fourth-order valence-electron chi connectivity index (χ4n) is 3.44. The Morgan fingerprint density at radius 3 is 2.64 bits per heavy atom. The maximum absolute atomic E-state index is 12.4. The van der Waals surface area contributed by atoms with Crippen LogP contribution < -0.4 is 10.1 Å². The largest absolute Gasteiger partial charge is 0.489 e. The number of tetrazole rings is 1. The van der Waals surface area contributed by atoms with E-state index in [-0.39, 0.29) is 5.78 Å². The lowest BCUT2D eigenvalue weighted by Gasteiger charge is -2.28. The molecule has 1 aliphatic heterocycles. The molecule has 28 heavy (non-hydrogen) atoms. The zero-order valence-corrected chi connectivity index (χ0v) is 16.0. The number of aryl methyl sites for hydroxylation is 1. The molecule has 1 aromatic heterocycles. The smallest absolute Gasteiger partial charge is 0.248 e. The normalized spacial score (nSPS) is 15.8. The van der Waals surface area contributed by atoms with Crippen LogP contribution in [-0.4, -0.2) is 26.0 Å². The van der Waals surface area contributed by atoms with Gasteiger partial charge in [-0.25, -0.2) is 0 Å². The predicted octanol–water partition coefficient (Wildman–Crippen LogP) is 3.44. The summed E-state index contributed by atoms with van der Waals surface area (Å²) in [5.41, 5.74) is 4.48. The summed E-state index contributed by atoms with van der Waals surface area (Å²) < 4.78 is 7.76. The molecule has 0 spiro atoms. The molecule has 0 aliphatic carbocycles. The van der Waals surface area contributed by atoms with E-state index < -0.39 is 6.04 Å². The van der Waals surface area contributed by atoms with E-state index in [9.17, 15) is 4.79 Å². The number of nitrogens with one attached hydrogen (secondary N) is 1. The summed E-state index contributed by atoms with van der Waals surface area (Å²) in [4.78, 5) is 12.4. The van der Waals surface area contributed by atoms with Crippen LogP contribution in [0.25, 0.3) is 0 Å². The first-order valence-electron chi connectivity index (χ1n) is 9.08. The van der Waals surface area contributed by atoms with Gasteiger partial charge in [-0.3, -0.25) is 4.79 Å². The molecule has 0 radical (unpaired) electrons. The Balaban J connectivity index is 1.73. The Morgan fingerprint density at radius 1 is 1.14 bits per heavy atom. The summed E-state index contributed by atoms with van der Waals surface area (Å²) in [6, 6.07) is 15.5. The Bertz CT molecular complexity index is 1050. The zero-order chi connectivity index (χ0) is 19.7. The van der Waals surface area contributed by atoms with E-state index in [2.05, 4.69) is 39.9 Å². The lowest BCUT2D eigenvalue weighted by Crippen LogP contribution is -2.28. The van der Waals surface area contributed by atoms with Crippen LogP contribution in [0.2, 0.25) is 0 Å². The Kier molecular flexibility index (Phi) is 4.65. The van der Waals surface area contributed by atoms with Gasteiger partial charge in [-0.15, -0.1) is 0 Å². The third kappa shape index (κ3) is 3.26. The Morgan fingerprint density at radius 2 is 1.89 bits per heavy atom. The molecule has 3 aromatic rings. The first-order valence-corrected chi connectivity index (χ1v) is 9.08. The average molecular weight is 375 g/mol. The van der Waals surface area contributed by atoms with Crippen molar-refractivity contribution in [2.45, 2.75) is 33.4 Å². The van der Waals surface area contributed by atoms with Crippen molar-refractivity contribution in [3.8, 4) is 5.75 Å². The topological polar surface area (TPSA) is 81.9 Å². The van der Waals surface area contributed by atoms with Crippen molar-refractivity contribution in [2.75, 3.05) is 5.32 Å². The molecule has 0 saturated carbocycles. The third-order valence-corrected chi connectivity index (χ3v) is 4.82. The SMILES string of the molecule is CC(=O)C1=C(C)Nc2nnnn2C1c1ccccc1OCc1ccc(C)cc1. The van der Waals surface area contributed by atoms with Gasteiger partial charge < -0.3 is 10.1 Å². The summed E-state index contributed by atoms with van der Waals surface area (Å²) in [5, 5.41) is 15.0. The highest BCUT2D eigenvalue weighted by Gasteiger charge is 2.33. The van der Waals surface area contributed by atoms with Crippen molar-refractivity contribution in [3.63, 3.8) is 0 Å². The quantitative estimate of drug-likeness (QED) is 0.736. The van der Waals surface area contributed by atoms with Gasteiger partial charge in [-0.1, -0.05) is 53.1 Å². The number of rotatable bonds is 5. The Hall–Kier alpha value is -3.48. The fraction of sp³-hybridized carbons (Fsp3) is 0.238. The number of allylic oxidation sites excluding steroid dienone is 2. The van der Waals surface area contributed by atoms with Crippen LogP contribution in [0.15, 0.2) is 59.8 Å². The summed E-state index contributed by atoms with van der Waals surface area (Å²) in [7, 11) is 0. The first-order chi connectivity index (χ1) is 13.5. The standard InChI is InChI=1S/C21H21N5O2/c1-13-8-10-16(11-9-13)12-28-18-7-5-4-6-17(18)20-19(15(3)27)14(2)22-21-23-24-25-26(20)21/h4-11,20H,12H2,1-3H3,(H,22,23,25). The van der Waals surface area contributed by atoms with Crippen molar-refractivity contribution in [1.29, 1.82) is 0 Å². The van der Waals surface area contributed by atoms with Gasteiger partial charge in [0, 0.05) is 16.8 Å². The number of Topliss-reactive ketones (excluding diaryl/α,β-unsaturated/α-hetero) is 1. The van der Waals surface area contributed by atoms with E-state index in [1.165, 1.54) is 5.56 Å². The summed E-state index contributed by atoms with van der Waals surface area (Å²) in [5.74, 6) is 1.16. The van der Waals surface area contributed by atoms with Gasteiger partial charge in [0.25, 0.3) is 0 Å². The van der Waals surface area contributed by atoms with E-state index in [1.54, 1.807) is 11.6 Å². The molecule has 4 rings (SSSR count). The molecule has 0 saturated heterocycles. The highest BCUT2D eigenvalue weighted by Crippen LogP contribution is 2.38. The van der Waals surface area contributed by atoms with Crippen LogP contribution >= 0.6 is 0 Å². The van der Waals surface area contributed by atoms with Gasteiger partial charge in [0.15, 0.2) is 5.78 Å². The van der Waals surface area contributed by atoms with Crippen LogP contribution in [0.4, 0.5) is 5.95 Å². The number of aromatic nitrogens is 4. The number of fused-ring (bicyclic) bond motifs is 1. The number of ketones is 1. The van der Waals surface area contributed by atoms with Crippen molar-refractivity contribution in [1.82, 2.24) is 20.2 Å². The van der Waals surface area contributed by atoms with E-state index in [0.717, 1.165) is 16.8 Å². The molecule has 0 bridgehead atoms. The molecular weight excluding hydrogens is 354 g/mol. The number of ether oxygens (including phenoxy) is 1. The van der Waals surface area contributed by atoms with Crippen LogP contribution in [0, 0.1) is 6.92 Å². The molecule has 0 fully saturated rings. The van der Waals surface area contributed by atoms with Crippen LogP contribution in [0.1, 0.15) is 36.6 Å². The lowest BCUT2D eigenvalue weighted by atomic mass is 9.92. The fourth-order valence-corrected chi connectivity index (χ4v) is 3.44. The summed E-state index contributed by atoms with van der Waals surface area (Å²) in [6.45, 7) is 5.90. The molecule has 7 nitrogen and oxygen atoms in total. The predicted molar refractivity (Wildman–Crippen MR) is 105 cm³/mol. The van der Waals surface area contributed by atoms with Crippen molar-refractivity contribution >= 4 is 11.7 Å². The van der Waals surface area contributed by atoms with E-state index in [0.29, 0.717) is 23.9 Å². The molecule has 1 atom stereocenters. The number of carbonyl (C=O) groups excluding carboxylic acids is 1. The Labute approximate surface area is 163 Å². The van der Waals surface area contributed by atoms with Gasteiger partial charge in [0.2, 0.25) is 5.95 Å². The molecule has 7 heteroatoms. The minimum absolute atomic E-state index is 0.0375. The second kappa shape index (κ2) is 7.26. The number of carbonyl (C=O) groups is 1. The molecule has 1 unspecified atom stereocenters. The second-order valence-electron chi connectivity index (χ2n) is 6.88. The third-order valence-electron chi connectivity index (χ3n) is 4.82. The maximum atomic E-state index is 12.4. The van der Waals surface area contributed by atoms with Crippen LogP contribution in [-0.2, 0) is 11.4 Å².